The number of nitrogens with two attached hydrogens (primary N) is 1. The quantitative estimate of drug-likeness (QED) is 0.833. The number of aromatic nitrogens is 1. The summed E-state index contributed by atoms with van der Waals surface area (Å²) in [5, 5.41) is 4.20. The van der Waals surface area contributed by atoms with Crippen molar-refractivity contribution in [1.29, 1.82) is 0 Å². The number of fused-ring (bicyclic) bond motifs is 1. The zero-order valence-electron chi connectivity index (χ0n) is 11.2. The van der Waals surface area contributed by atoms with E-state index in [9.17, 15) is 8.42 Å². The minimum atomic E-state index is -2.94. The van der Waals surface area contributed by atoms with Gasteiger partial charge in [0.1, 0.15) is 4.99 Å². The summed E-state index contributed by atoms with van der Waals surface area (Å²) in [7, 11) is -2.94. The molecule has 2 heterocycles. The molecule has 1 saturated heterocycles. The smallest absolute Gasteiger partial charge is 0.152 e. The molecule has 7 heteroatoms. The molecule has 1 aromatic carbocycles. The summed E-state index contributed by atoms with van der Waals surface area (Å²) in [6.07, 6.45) is 2.23. The Morgan fingerprint density at radius 1 is 1.38 bits per heavy atom. The maximum absolute atomic E-state index is 11.6. The van der Waals surface area contributed by atoms with Crippen molar-refractivity contribution in [3.63, 3.8) is 0 Å². The molecule has 2 aromatic rings. The largest absolute Gasteiger partial charge is 0.389 e. The maximum Gasteiger partial charge on any atom is 0.152 e. The molecule has 0 radical (unpaired) electrons. The Morgan fingerprint density at radius 2 is 2.14 bits per heavy atom. The number of nitrogens with zero attached hydrogens (tertiary/aromatic N) is 1. The number of benzene rings is 1. The van der Waals surface area contributed by atoms with Crippen LogP contribution in [0.4, 0.5) is 5.69 Å². The molecule has 0 spiro atoms. The lowest BCUT2D eigenvalue weighted by Gasteiger charge is -2.17. The lowest BCUT2D eigenvalue weighted by atomic mass is 10.1. The Labute approximate surface area is 128 Å². The summed E-state index contributed by atoms with van der Waals surface area (Å²) < 4.78 is 23.2. The van der Waals surface area contributed by atoms with Gasteiger partial charge in [-0.2, -0.15) is 0 Å². The number of hydrogen-bond acceptors (Lipinski definition) is 5. The van der Waals surface area contributed by atoms with Crippen LogP contribution in [0.2, 0.25) is 0 Å². The van der Waals surface area contributed by atoms with E-state index in [0.717, 1.165) is 16.6 Å². The van der Waals surface area contributed by atoms with Gasteiger partial charge in [-0.05, 0) is 12.5 Å². The molecular weight excluding hydrogens is 306 g/mol. The van der Waals surface area contributed by atoms with E-state index < -0.39 is 9.84 Å². The van der Waals surface area contributed by atoms with Crippen LogP contribution in [0.1, 0.15) is 12.0 Å². The fourth-order valence-electron chi connectivity index (χ4n) is 2.60. The van der Waals surface area contributed by atoms with Gasteiger partial charge in [0.05, 0.1) is 28.3 Å². The Hall–Kier alpha value is -1.73. The third-order valence-electron chi connectivity index (χ3n) is 3.62. The summed E-state index contributed by atoms with van der Waals surface area (Å²) in [4.78, 5) is 4.59. The minimum Gasteiger partial charge on any atom is -0.389 e. The van der Waals surface area contributed by atoms with Crippen molar-refractivity contribution in [2.24, 2.45) is 5.73 Å². The summed E-state index contributed by atoms with van der Waals surface area (Å²) >= 11 is 5.08. The first-order valence-corrected chi connectivity index (χ1v) is 8.84. The average Bonchev–Trinajstić information content (AvgIpc) is 2.78. The lowest BCUT2D eigenvalue weighted by molar-refractivity contribution is 0.602. The molecular formula is C14H15N3O2S2. The van der Waals surface area contributed by atoms with E-state index in [2.05, 4.69) is 10.3 Å². The molecule has 3 rings (SSSR count). The third-order valence-corrected chi connectivity index (χ3v) is 5.61. The van der Waals surface area contributed by atoms with Crippen LogP contribution >= 0.6 is 12.2 Å². The summed E-state index contributed by atoms with van der Waals surface area (Å²) in [5.41, 5.74) is 8.01. The maximum atomic E-state index is 11.6. The zero-order valence-corrected chi connectivity index (χ0v) is 12.9. The molecule has 0 aliphatic carbocycles. The van der Waals surface area contributed by atoms with Gasteiger partial charge in [-0.1, -0.05) is 30.4 Å². The van der Waals surface area contributed by atoms with Crippen LogP contribution in [0.15, 0.2) is 30.5 Å². The molecule has 1 aromatic heterocycles. The highest BCUT2D eigenvalue weighted by Crippen LogP contribution is 2.28. The minimum absolute atomic E-state index is 0.117. The molecule has 0 bridgehead atoms. The lowest BCUT2D eigenvalue weighted by Crippen LogP contribution is -2.23. The third kappa shape index (κ3) is 2.84. The van der Waals surface area contributed by atoms with Crippen LogP contribution in [-0.2, 0) is 9.84 Å². The number of para-hydroxylation sites is 1. The van der Waals surface area contributed by atoms with Crippen LogP contribution in [0.25, 0.3) is 10.9 Å². The monoisotopic (exact) mass is 321 g/mol. The normalized spacial score (nSPS) is 20.5. The van der Waals surface area contributed by atoms with Crippen molar-refractivity contribution in [3.8, 4) is 0 Å². The fraction of sp³-hybridized carbons (Fsp3) is 0.286. The predicted molar refractivity (Wildman–Crippen MR) is 88.3 cm³/mol. The summed E-state index contributed by atoms with van der Waals surface area (Å²) in [5.74, 6) is 0.358. The van der Waals surface area contributed by atoms with Gasteiger partial charge in [-0.3, -0.25) is 4.98 Å². The van der Waals surface area contributed by atoms with E-state index in [4.69, 9.17) is 18.0 Å². The number of pyridine rings is 1. The number of anilines is 1. The molecule has 3 N–H and O–H groups in total. The highest BCUT2D eigenvalue weighted by Gasteiger charge is 2.28. The average molecular weight is 321 g/mol. The molecule has 5 nitrogen and oxygen atoms in total. The molecule has 0 amide bonds. The highest BCUT2D eigenvalue weighted by molar-refractivity contribution is 7.91. The van der Waals surface area contributed by atoms with E-state index in [0.29, 0.717) is 12.0 Å². The number of rotatable bonds is 3. The second kappa shape index (κ2) is 5.23. The van der Waals surface area contributed by atoms with Crippen molar-refractivity contribution < 1.29 is 8.42 Å². The molecule has 1 aliphatic heterocycles. The van der Waals surface area contributed by atoms with Gasteiger partial charge in [0, 0.05) is 17.6 Å². The second-order valence-electron chi connectivity index (χ2n) is 5.17. The van der Waals surface area contributed by atoms with Crippen molar-refractivity contribution >= 4 is 43.6 Å². The van der Waals surface area contributed by atoms with E-state index in [1.165, 1.54) is 0 Å². The molecule has 1 atom stereocenters. The Balaban J connectivity index is 2.07. The standard InChI is InChI=1S/C14H15N3O2S2/c15-14(20)11-7-16-12-4-2-1-3-10(12)13(11)17-9-5-6-21(18,19)8-9/h1-4,7,9H,5-6,8H2,(H2,15,20)(H,16,17). The van der Waals surface area contributed by atoms with Crippen LogP contribution < -0.4 is 11.1 Å². The van der Waals surface area contributed by atoms with Gasteiger partial charge in [-0.25, -0.2) is 8.42 Å². The number of thiocarbonyl (C=S) groups is 1. The first-order valence-electron chi connectivity index (χ1n) is 6.61. The molecule has 1 aliphatic rings. The zero-order chi connectivity index (χ0) is 15.0. The topological polar surface area (TPSA) is 85.1 Å². The van der Waals surface area contributed by atoms with Gasteiger partial charge in [0.2, 0.25) is 0 Å². The van der Waals surface area contributed by atoms with Crippen molar-refractivity contribution in [2.45, 2.75) is 12.5 Å². The van der Waals surface area contributed by atoms with E-state index in [1.54, 1.807) is 6.20 Å². The SMILES string of the molecule is NC(=S)c1cnc2ccccc2c1NC1CCS(=O)(=O)C1. The van der Waals surface area contributed by atoms with Crippen LogP contribution in [0.5, 0.6) is 0 Å². The van der Waals surface area contributed by atoms with E-state index in [1.807, 2.05) is 24.3 Å². The first kappa shape index (κ1) is 14.2. The van der Waals surface area contributed by atoms with E-state index >= 15 is 0 Å². The van der Waals surface area contributed by atoms with Crippen LogP contribution in [0, 0.1) is 0 Å². The molecule has 1 unspecified atom stereocenters. The summed E-state index contributed by atoms with van der Waals surface area (Å²) in [6, 6.07) is 7.52. The van der Waals surface area contributed by atoms with Crippen LogP contribution in [-0.4, -0.2) is 35.9 Å². The summed E-state index contributed by atoms with van der Waals surface area (Å²) in [6.45, 7) is 0. The van der Waals surface area contributed by atoms with Crippen molar-refractivity contribution in [3.05, 3.63) is 36.0 Å². The van der Waals surface area contributed by atoms with Gasteiger partial charge >= 0.3 is 0 Å². The predicted octanol–water partition coefficient (Wildman–Crippen LogP) is 1.47. The number of hydrogen-bond donors (Lipinski definition) is 2. The molecule has 21 heavy (non-hydrogen) atoms. The van der Waals surface area contributed by atoms with Crippen molar-refractivity contribution in [2.75, 3.05) is 16.8 Å². The number of sulfone groups is 1. The van der Waals surface area contributed by atoms with Gasteiger partial charge in [-0.15, -0.1) is 0 Å². The molecule has 110 valence electrons. The van der Waals surface area contributed by atoms with Crippen LogP contribution in [0.3, 0.4) is 0 Å². The molecule has 0 saturated carbocycles. The highest BCUT2D eigenvalue weighted by atomic mass is 32.2. The fourth-order valence-corrected chi connectivity index (χ4v) is 4.42. The Bertz CT molecular complexity index is 818. The number of nitrogens with one attached hydrogen (secondary N) is 1. The van der Waals surface area contributed by atoms with Gasteiger partial charge in [0.15, 0.2) is 9.84 Å². The van der Waals surface area contributed by atoms with Crippen molar-refractivity contribution in [1.82, 2.24) is 4.98 Å². The second-order valence-corrected chi connectivity index (χ2v) is 7.84. The molecule has 1 fully saturated rings. The Morgan fingerprint density at radius 3 is 2.81 bits per heavy atom. The Kier molecular flexibility index (Phi) is 3.54. The van der Waals surface area contributed by atoms with E-state index in [-0.39, 0.29) is 22.5 Å². The van der Waals surface area contributed by atoms with Gasteiger partial charge in [0.25, 0.3) is 0 Å². The first-order chi connectivity index (χ1) is 9.96. The van der Waals surface area contributed by atoms with Gasteiger partial charge < -0.3 is 11.1 Å².